The predicted molar refractivity (Wildman–Crippen MR) is 78.8 cm³/mol. The summed E-state index contributed by atoms with van der Waals surface area (Å²) in [5, 5.41) is 0. The third-order valence-electron chi connectivity index (χ3n) is 3.42. The Morgan fingerprint density at radius 1 is 1.11 bits per heavy atom. The molecule has 18 heavy (non-hydrogen) atoms. The lowest BCUT2D eigenvalue weighted by atomic mass is 9.82. The normalized spacial score (nSPS) is 17.4. The maximum Gasteiger partial charge on any atom is 0.0343 e. The van der Waals surface area contributed by atoms with E-state index in [-0.39, 0.29) is 12.4 Å². The number of hydrogen-bond donors (Lipinski definition) is 0. The second-order valence-corrected chi connectivity index (χ2v) is 4.65. The summed E-state index contributed by atoms with van der Waals surface area (Å²) < 4.78 is 0. The SMILES string of the molecule is CC1CC(c2cccnc2)=Cc2ccccc21.Cl. The van der Waals surface area contributed by atoms with Gasteiger partial charge in [-0.1, -0.05) is 43.3 Å². The van der Waals surface area contributed by atoms with Crippen molar-refractivity contribution in [2.45, 2.75) is 19.3 Å². The molecule has 0 saturated heterocycles. The topological polar surface area (TPSA) is 12.9 Å². The molecule has 1 aliphatic carbocycles. The van der Waals surface area contributed by atoms with E-state index in [4.69, 9.17) is 0 Å². The molecule has 1 atom stereocenters. The molecular weight excluding hydrogens is 242 g/mol. The third kappa shape index (κ3) is 2.32. The number of benzene rings is 1. The summed E-state index contributed by atoms with van der Waals surface area (Å²) >= 11 is 0. The molecule has 92 valence electrons. The molecule has 0 radical (unpaired) electrons. The zero-order chi connectivity index (χ0) is 11.7. The van der Waals surface area contributed by atoms with Gasteiger partial charge in [0.1, 0.15) is 0 Å². The first-order valence-electron chi connectivity index (χ1n) is 6.04. The maximum atomic E-state index is 4.20. The monoisotopic (exact) mass is 257 g/mol. The van der Waals surface area contributed by atoms with Crippen LogP contribution in [0.1, 0.15) is 36.0 Å². The van der Waals surface area contributed by atoms with Crippen molar-refractivity contribution in [2.75, 3.05) is 0 Å². The van der Waals surface area contributed by atoms with Crippen molar-refractivity contribution < 1.29 is 0 Å². The van der Waals surface area contributed by atoms with Crippen LogP contribution in [0.15, 0.2) is 48.8 Å². The first kappa shape index (κ1) is 12.8. The van der Waals surface area contributed by atoms with Gasteiger partial charge in [0, 0.05) is 12.4 Å². The molecule has 1 heterocycles. The van der Waals surface area contributed by atoms with Gasteiger partial charge in [0.15, 0.2) is 0 Å². The zero-order valence-corrected chi connectivity index (χ0v) is 11.2. The Kier molecular flexibility index (Phi) is 3.83. The standard InChI is InChI=1S/C16H15N.ClH/c1-12-9-15(14-6-4-8-17-11-14)10-13-5-2-3-7-16(12)13;/h2-8,10-12H,9H2,1H3;1H. The summed E-state index contributed by atoms with van der Waals surface area (Å²) in [4.78, 5) is 4.20. The second-order valence-electron chi connectivity index (χ2n) is 4.65. The van der Waals surface area contributed by atoms with Gasteiger partial charge in [-0.2, -0.15) is 0 Å². The van der Waals surface area contributed by atoms with Crippen LogP contribution in [0.25, 0.3) is 11.6 Å². The number of allylic oxidation sites excluding steroid dienone is 1. The maximum absolute atomic E-state index is 4.20. The summed E-state index contributed by atoms with van der Waals surface area (Å²) in [7, 11) is 0. The minimum atomic E-state index is 0. The molecule has 0 spiro atoms. The first-order chi connectivity index (χ1) is 8.34. The van der Waals surface area contributed by atoms with E-state index in [1.165, 1.54) is 22.3 Å². The van der Waals surface area contributed by atoms with E-state index in [0.717, 1.165) is 6.42 Å². The average Bonchev–Trinajstić information content (AvgIpc) is 2.40. The lowest BCUT2D eigenvalue weighted by Crippen LogP contribution is -2.03. The van der Waals surface area contributed by atoms with Crippen molar-refractivity contribution >= 4 is 24.1 Å². The Labute approximate surface area is 114 Å². The Morgan fingerprint density at radius 3 is 2.72 bits per heavy atom. The zero-order valence-electron chi connectivity index (χ0n) is 10.3. The number of pyridine rings is 1. The summed E-state index contributed by atoms with van der Waals surface area (Å²) in [6.45, 7) is 2.29. The predicted octanol–water partition coefficient (Wildman–Crippen LogP) is 4.55. The number of nitrogens with zero attached hydrogens (tertiary/aromatic N) is 1. The summed E-state index contributed by atoms with van der Waals surface area (Å²) in [5.41, 5.74) is 5.45. The molecule has 0 fully saturated rings. The highest BCUT2D eigenvalue weighted by molar-refractivity contribution is 5.85. The molecule has 1 nitrogen and oxygen atoms in total. The van der Waals surface area contributed by atoms with Crippen LogP contribution < -0.4 is 0 Å². The van der Waals surface area contributed by atoms with Gasteiger partial charge in [0.05, 0.1) is 0 Å². The van der Waals surface area contributed by atoms with E-state index < -0.39 is 0 Å². The number of aromatic nitrogens is 1. The van der Waals surface area contributed by atoms with E-state index in [2.05, 4.69) is 48.3 Å². The number of rotatable bonds is 1. The second kappa shape index (κ2) is 5.36. The van der Waals surface area contributed by atoms with Gasteiger partial charge in [0.2, 0.25) is 0 Å². The molecule has 0 saturated carbocycles. The third-order valence-corrected chi connectivity index (χ3v) is 3.42. The Hall–Kier alpha value is -1.60. The highest BCUT2D eigenvalue weighted by Crippen LogP contribution is 2.37. The molecule has 1 unspecified atom stereocenters. The molecule has 2 aromatic rings. The lowest BCUT2D eigenvalue weighted by Gasteiger charge is -2.22. The average molecular weight is 258 g/mol. The van der Waals surface area contributed by atoms with Crippen LogP contribution in [0.2, 0.25) is 0 Å². The van der Waals surface area contributed by atoms with Crippen LogP contribution in [0.5, 0.6) is 0 Å². The molecular formula is C16H16ClN. The minimum absolute atomic E-state index is 0. The van der Waals surface area contributed by atoms with Crippen LogP contribution in [-0.2, 0) is 0 Å². The Balaban J connectivity index is 0.00000120. The molecule has 1 aliphatic rings. The van der Waals surface area contributed by atoms with Gasteiger partial charge in [-0.3, -0.25) is 4.98 Å². The molecule has 0 aliphatic heterocycles. The molecule has 2 heteroatoms. The van der Waals surface area contributed by atoms with Crippen LogP contribution in [-0.4, -0.2) is 4.98 Å². The van der Waals surface area contributed by atoms with E-state index in [0.29, 0.717) is 5.92 Å². The van der Waals surface area contributed by atoms with E-state index >= 15 is 0 Å². The molecule has 1 aromatic heterocycles. The number of fused-ring (bicyclic) bond motifs is 1. The van der Waals surface area contributed by atoms with E-state index in [1.807, 2.05) is 18.5 Å². The van der Waals surface area contributed by atoms with Crippen LogP contribution in [0, 0.1) is 0 Å². The van der Waals surface area contributed by atoms with Gasteiger partial charge in [0.25, 0.3) is 0 Å². The highest BCUT2D eigenvalue weighted by Gasteiger charge is 2.17. The molecule has 0 N–H and O–H groups in total. The van der Waals surface area contributed by atoms with Gasteiger partial charge < -0.3 is 0 Å². The lowest BCUT2D eigenvalue weighted by molar-refractivity contribution is 0.783. The van der Waals surface area contributed by atoms with Crippen LogP contribution in [0.4, 0.5) is 0 Å². The van der Waals surface area contributed by atoms with Crippen LogP contribution in [0.3, 0.4) is 0 Å². The first-order valence-corrected chi connectivity index (χ1v) is 6.04. The highest BCUT2D eigenvalue weighted by atomic mass is 35.5. The molecule has 1 aromatic carbocycles. The van der Waals surface area contributed by atoms with Crippen molar-refractivity contribution in [3.05, 3.63) is 65.5 Å². The van der Waals surface area contributed by atoms with E-state index in [1.54, 1.807) is 0 Å². The summed E-state index contributed by atoms with van der Waals surface area (Å²) in [6, 6.07) is 12.8. The van der Waals surface area contributed by atoms with Gasteiger partial charge in [-0.05, 0) is 40.7 Å². The molecule has 3 rings (SSSR count). The van der Waals surface area contributed by atoms with Gasteiger partial charge in [-0.15, -0.1) is 12.4 Å². The smallest absolute Gasteiger partial charge is 0.0343 e. The Bertz CT molecular complexity index is 560. The van der Waals surface area contributed by atoms with Crippen molar-refractivity contribution in [3.8, 4) is 0 Å². The van der Waals surface area contributed by atoms with E-state index in [9.17, 15) is 0 Å². The summed E-state index contributed by atoms with van der Waals surface area (Å²) in [6.07, 6.45) is 7.17. The number of halogens is 1. The van der Waals surface area contributed by atoms with Gasteiger partial charge in [-0.25, -0.2) is 0 Å². The largest absolute Gasteiger partial charge is 0.264 e. The van der Waals surface area contributed by atoms with Crippen molar-refractivity contribution in [1.29, 1.82) is 0 Å². The Morgan fingerprint density at radius 2 is 1.94 bits per heavy atom. The molecule has 0 amide bonds. The number of hydrogen-bond acceptors (Lipinski definition) is 1. The fourth-order valence-corrected chi connectivity index (χ4v) is 2.53. The summed E-state index contributed by atoms with van der Waals surface area (Å²) in [5.74, 6) is 0.589. The molecule has 0 bridgehead atoms. The fourth-order valence-electron chi connectivity index (χ4n) is 2.53. The van der Waals surface area contributed by atoms with Crippen molar-refractivity contribution in [3.63, 3.8) is 0 Å². The fraction of sp³-hybridized carbons (Fsp3) is 0.188. The van der Waals surface area contributed by atoms with Crippen molar-refractivity contribution in [2.24, 2.45) is 0 Å². The quantitative estimate of drug-likeness (QED) is 0.730. The van der Waals surface area contributed by atoms with Crippen molar-refractivity contribution in [1.82, 2.24) is 4.98 Å². The van der Waals surface area contributed by atoms with Crippen LogP contribution >= 0.6 is 12.4 Å². The minimum Gasteiger partial charge on any atom is -0.264 e. The van der Waals surface area contributed by atoms with Gasteiger partial charge >= 0.3 is 0 Å².